The second-order valence-corrected chi connectivity index (χ2v) is 7.14. The van der Waals surface area contributed by atoms with E-state index in [0.717, 1.165) is 22.7 Å². The van der Waals surface area contributed by atoms with Crippen molar-refractivity contribution in [3.63, 3.8) is 0 Å². The first-order valence-corrected chi connectivity index (χ1v) is 8.72. The molecule has 0 spiro atoms. The second-order valence-electron chi connectivity index (χ2n) is 5.85. The molecule has 2 fully saturated rings. The van der Waals surface area contributed by atoms with Gasteiger partial charge in [0.15, 0.2) is 0 Å². The van der Waals surface area contributed by atoms with Crippen molar-refractivity contribution in [3.05, 3.63) is 32.8 Å². The average Bonchev–Trinajstić information content (AvgIpc) is 3.11. The normalized spacial score (nSPS) is 26.0. The minimum Gasteiger partial charge on any atom is -0.492 e. The molecule has 3 aliphatic rings. The van der Waals surface area contributed by atoms with Gasteiger partial charge in [-0.25, -0.2) is 0 Å². The summed E-state index contributed by atoms with van der Waals surface area (Å²) in [6.45, 7) is 4.21. The third-order valence-corrected chi connectivity index (χ3v) is 5.50. The Balaban J connectivity index is 2.10. The van der Waals surface area contributed by atoms with E-state index in [1.54, 1.807) is 11.8 Å². The molecule has 0 radical (unpaired) electrons. The van der Waals surface area contributed by atoms with Crippen molar-refractivity contribution < 1.29 is 19.1 Å². The average molecular weight is 333 g/mol. The maximum Gasteiger partial charge on any atom is 0.299 e. The molecule has 1 aliphatic carbocycles. The first-order valence-electron chi connectivity index (χ1n) is 7.90. The van der Waals surface area contributed by atoms with Gasteiger partial charge in [-0.1, -0.05) is 24.6 Å². The molecule has 0 atom stereocenters. The molecule has 2 amide bonds. The van der Waals surface area contributed by atoms with Gasteiger partial charge in [-0.15, -0.1) is 0 Å². The first kappa shape index (κ1) is 16.1. The van der Waals surface area contributed by atoms with Crippen LogP contribution in [0.25, 0.3) is 0 Å². The molecule has 6 heteroatoms. The van der Waals surface area contributed by atoms with Gasteiger partial charge in [0.2, 0.25) is 0 Å². The molecule has 0 aromatic heterocycles. The lowest BCUT2D eigenvalue weighted by Crippen LogP contribution is -2.21. The summed E-state index contributed by atoms with van der Waals surface area (Å²) in [4.78, 5) is 37.8. The number of allylic oxidation sites excluding steroid dienone is 3. The fourth-order valence-corrected chi connectivity index (χ4v) is 4.45. The van der Waals surface area contributed by atoms with Gasteiger partial charge in [-0.2, -0.15) is 0 Å². The quantitative estimate of drug-likeness (QED) is 0.372. The molecule has 0 unspecified atom stereocenters. The van der Waals surface area contributed by atoms with Crippen molar-refractivity contribution in [2.45, 2.75) is 39.5 Å². The van der Waals surface area contributed by atoms with Gasteiger partial charge < -0.3 is 4.74 Å². The van der Waals surface area contributed by atoms with Crippen molar-refractivity contribution in [1.29, 1.82) is 0 Å². The molecule has 2 aliphatic heterocycles. The zero-order chi connectivity index (χ0) is 16.6. The third kappa shape index (κ3) is 2.87. The van der Waals surface area contributed by atoms with Gasteiger partial charge in [-0.3, -0.25) is 19.7 Å². The van der Waals surface area contributed by atoms with Gasteiger partial charge in [-0.05, 0) is 43.6 Å². The van der Waals surface area contributed by atoms with Gasteiger partial charge in [0.25, 0.3) is 17.6 Å². The Hall–Kier alpha value is -1.82. The van der Waals surface area contributed by atoms with E-state index >= 15 is 0 Å². The molecule has 122 valence electrons. The van der Waals surface area contributed by atoms with Crippen LogP contribution in [-0.4, -0.2) is 24.2 Å². The van der Waals surface area contributed by atoms with Gasteiger partial charge in [0, 0.05) is 10.5 Å². The first-order chi connectivity index (χ1) is 11.0. The molecule has 0 aromatic rings. The van der Waals surface area contributed by atoms with E-state index < -0.39 is 17.6 Å². The van der Waals surface area contributed by atoms with E-state index in [4.69, 9.17) is 4.74 Å². The number of Topliss-reactive ketones (excluding diaryl/α,β-unsaturated/α-hetero) is 1. The Labute approximate surface area is 139 Å². The molecule has 3 rings (SSSR count). The number of thioether (sulfide) groups is 1. The van der Waals surface area contributed by atoms with E-state index in [1.165, 1.54) is 12.8 Å². The van der Waals surface area contributed by atoms with Crippen LogP contribution >= 0.6 is 11.8 Å². The SMILES string of the molecule is CCOC1=C(C)SC(C2CCCC2)=C/C1=C1/C(=O)NC(=O)C1=O. The maximum absolute atomic E-state index is 12.1. The summed E-state index contributed by atoms with van der Waals surface area (Å²) in [5.74, 6) is -1.27. The number of hydrogen-bond donors (Lipinski definition) is 1. The highest BCUT2D eigenvalue weighted by atomic mass is 32.2. The molecule has 1 saturated heterocycles. The zero-order valence-electron chi connectivity index (χ0n) is 13.2. The minimum atomic E-state index is -0.861. The number of carbonyl (C=O) groups excluding carboxylic acids is 3. The Bertz CT molecular complexity index is 681. The summed E-state index contributed by atoms with van der Waals surface area (Å²) in [5, 5.41) is 2.08. The molecule has 23 heavy (non-hydrogen) atoms. The lowest BCUT2D eigenvalue weighted by molar-refractivity contribution is -0.134. The summed E-state index contributed by atoms with van der Waals surface area (Å²) in [6, 6.07) is 0. The molecule has 2 heterocycles. The zero-order valence-corrected chi connectivity index (χ0v) is 14.0. The largest absolute Gasteiger partial charge is 0.492 e. The van der Waals surface area contributed by atoms with Crippen molar-refractivity contribution >= 4 is 29.4 Å². The number of carbonyl (C=O) groups is 3. The summed E-state index contributed by atoms with van der Waals surface area (Å²) >= 11 is 1.65. The molecular weight excluding hydrogens is 314 g/mol. The Morgan fingerprint density at radius 3 is 2.48 bits per heavy atom. The molecule has 1 N–H and O–H groups in total. The predicted octanol–water partition coefficient (Wildman–Crippen LogP) is 2.60. The molecular formula is C17H19NO4S. The standard InChI is InChI=1S/C17H19NO4S/c1-3-22-15-9(2)23-12(10-6-4-5-7-10)8-11(15)13-14(19)17(21)18-16(13)20/h8,10H,3-7H2,1-2H3,(H,18,20,21)/b13-11-. The summed E-state index contributed by atoms with van der Waals surface area (Å²) < 4.78 is 5.68. The summed E-state index contributed by atoms with van der Waals surface area (Å²) in [6.07, 6.45) is 6.53. The lowest BCUT2D eigenvalue weighted by atomic mass is 9.99. The van der Waals surface area contributed by atoms with E-state index in [2.05, 4.69) is 5.32 Å². The van der Waals surface area contributed by atoms with Crippen LogP contribution in [0.3, 0.4) is 0 Å². The third-order valence-electron chi connectivity index (χ3n) is 4.32. The molecule has 0 bridgehead atoms. The van der Waals surface area contributed by atoms with Crippen LogP contribution in [0.5, 0.6) is 0 Å². The smallest absolute Gasteiger partial charge is 0.299 e. The van der Waals surface area contributed by atoms with Gasteiger partial charge in [0.1, 0.15) is 11.3 Å². The fraction of sp³-hybridized carbons (Fsp3) is 0.471. The highest BCUT2D eigenvalue weighted by Crippen LogP contribution is 2.46. The number of imide groups is 1. The predicted molar refractivity (Wildman–Crippen MR) is 87.1 cm³/mol. The lowest BCUT2D eigenvalue weighted by Gasteiger charge is -2.24. The van der Waals surface area contributed by atoms with Crippen LogP contribution in [0, 0.1) is 5.92 Å². The van der Waals surface area contributed by atoms with Gasteiger partial charge >= 0.3 is 0 Å². The van der Waals surface area contributed by atoms with Crippen molar-refractivity contribution in [2.24, 2.45) is 5.92 Å². The van der Waals surface area contributed by atoms with Crippen molar-refractivity contribution in [2.75, 3.05) is 6.61 Å². The van der Waals surface area contributed by atoms with Crippen molar-refractivity contribution in [3.8, 4) is 0 Å². The summed E-state index contributed by atoms with van der Waals surface area (Å²) in [7, 11) is 0. The topological polar surface area (TPSA) is 72.5 Å². The summed E-state index contributed by atoms with van der Waals surface area (Å²) in [5.41, 5.74) is 0.368. The van der Waals surface area contributed by atoms with Gasteiger partial charge in [0.05, 0.1) is 6.61 Å². The maximum atomic E-state index is 12.1. The van der Waals surface area contributed by atoms with Crippen LogP contribution in [0.15, 0.2) is 32.8 Å². The van der Waals surface area contributed by atoms with E-state index in [1.807, 2.05) is 19.9 Å². The van der Waals surface area contributed by atoms with E-state index in [0.29, 0.717) is 23.9 Å². The molecule has 1 saturated carbocycles. The van der Waals surface area contributed by atoms with E-state index in [-0.39, 0.29) is 5.57 Å². The molecule has 5 nitrogen and oxygen atoms in total. The van der Waals surface area contributed by atoms with Crippen LogP contribution < -0.4 is 5.32 Å². The Morgan fingerprint density at radius 2 is 1.91 bits per heavy atom. The van der Waals surface area contributed by atoms with Crippen molar-refractivity contribution in [1.82, 2.24) is 5.32 Å². The minimum absolute atomic E-state index is 0.0893. The highest BCUT2D eigenvalue weighted by Gasteiger charge is 2.39. The van der Waals surface area contributed by atoms with Crippen LogP contribution in [0.2, 0.25) is 0 Å². The van der Waals surface area contributed by atoms with E-state index in [9.17, 15) is 14.4 Å². The highest BCUT2D eigenvalue weighted by molar-refractivity contribution is 8.06. The monoisotopic (exact) mass is 333 g/mol. The second kappa shape index (κ2) is 6.35. The van der Waals surface area contributed by atoms with Crippen LogP contribution in [-0.2, 0) is 19.1 Å². The number of hydrogen-bond acceptors (Lipinski definition) is 5. The number of ketones is 1. The van der Waals surface area contributed by atoms with Crippen LogP contribution in [0.4, 0.5) is 0 Å². The Kier molecular flexibility index (Phi) is 4.43. The van der Waals surface area contributed by atoms with Crippen LogP contribution in [0.1, 0.15) is 39.5 Å². The Morgan fingerprint density at radius 1 is 1.22 bits per heavy atom. The fourth-order valence-electron chi connectivity index (χ4n) is 3.25. The number of amides is 2. The number of nitrogens with one attached hydrogen (secondary N) is 1. The molecule has 0 aromatic carbocycles. The number of ether oxygens (including phenoxy) is 1. The number of rotatable bonds is 3.